The van der Waals surface area contributed by atoms with Crippen LogP contribution >= 0.6 is 0 Å². The Morgan fingerprint density at radius 3 is 2.43 bits per heavy atom. The summed E-state index contributed by atoms with van der Waals surface area (Å²) in [4.78, 5) is 11.0. The highest BCUT2D eigenvalue weighted by Crippen LogP contribution is 2.33. The van der Waals surface area contributed by atoms with Crippen LogP contribution in [0.4, 0.5) is 0 Å². The third kappa shape index (κ3) is 4.78. The molecule has 0 bridgehead atoms. The van der Waals surface area contributed by atoms with Crippen LogP contribution in [0.3, 0.4) is 0 Å². The summed E-state index contributed by atoms with van der Waals surface area (Å²) in [7, 11) is 0. The molecule has 0 aromatic heterocycles. The molecule has 0 spiro atoms. The normalized spacial score (nSPS) is 11.3. The second-order valence-corrected chi connectivity index (χ2v) is 5.65. The lowest BCUT2D eigenvalue weighted by Gasteiger charge is -2.10. The van der Waals surface area contributed by atoms with Crippen molar-refractivity contribution in [1.29, 1.82) is 0 Å². The van der Waals surface area contributed by atoms with Gasteiger partial charge in [0.15, 0.2) is 6.29 Å². The standard InChI is InChI=1S/C18H24O3/c1-12(2)6-5-7-13(3)8-9-15-17(20)10-14(4)16(11-19)18(15)21/h6,8,10-11,20-21H,5,7,9H2,1-4H3/b13-8+. The van der Waals surface area contributed by atoms with E-state index >= 15 is 0 Å². The first-order chi connectivity index (χ1) is 9.86. The van der Waals surface area contributed by atoms with E-state index in [2.05, 4.69) is 19.9 Å². The van der Waals surface area contributed by atoms with Crippen LogP contribution in [0.5, 0.6) is 11.5 Å². The zero-order valence-electron chi connectivity index (χ0n) is 13.2. The average molecular weight is 288 g/mol. The number of hydrogen-bond acceptors (Lipinski definition) is 3. The van der Waals surface area contributed by atoms with Gasteiger partial charge in [-0.3, -0.25) is 4.79 Å². The van der Waals surface area contributed by atoms with Crippen molar-refractivity contribution in [1.82, 2.24) is 0 Å². The molecule has 0 heterocycles. The minimum atomic E-state index is -0.115. The minimum Gasteiger partial charge on any atom is -0.508 e. The fraction of sp³-hybridized carbons (Fsp3) is 0.389. The Kier molecular flexibility index (Phi) is 6.22. The number of phenols is 2. The molecule has 2 N–H and O–H groups in total. The SMILES string of the molecule is CC(C)=CCC/C(C)=C/Cc1c(O)cc(C)c(C=O)c1O. The second-order valence-electron chi connectivity index (χ2n) is 5.65. The third-order valence-electron chi connectivity index (χ3n) is 3.49. The maximum absolute atomic E-state index is 11.0. The van der Waals surface area contributed by atoms with Gasteiger partial charge in [-0.05, 0) is 58.6 Å². The smallest absolute Gasteiger partial charge is 0.154 e. The van der Waals surface area contributed by atoms with Crippen molar-refractivity contribution in [3.8, 4) is 11.5 Å². The Balaban J connectivity index is 2.88. The van der Waals surface area contributed by atoms with Crippen molar-refractivity contribution < 1.29 is 15.0 Å². The van der Waals surface area contributed by atoms with Crippen LogP contribution in [0.15, 0.2) is 29.4 Å². The summed E-state index contributed by atoms with van der Waals surface area (Å²) in [5, 5.41) is 20.0. The van der Waals surface area contributed by atoms with Gasteiger partial charge in [0.25, 0.3) is 0 Å². The lowest BCUT2D eigenvalue weighted by molar-refractivity contribution is 0.112. The van der Waals surface area contributed by atoms with Gasteiger partial charge in [0.2, 0.25) is 0 Å². The quantitative estimate of drug-likeness (QED) is 0.600. The summed E-state index contributed by atoms with van der Waals surface area (Å²) in [6.07, 6.45) is 7.13. The molecule has 3 heteroatoms. The van der Waals surface area contributed by atoms with E-state index in [0.717, 1.165) is 12.8 Å². The van der Waals surface area contributed by atoms with Crippen molar-refractivity contribution in [2.75, 3.05) is 0 Å². The van der Waals surface area contributed by atoms with Gasteiger partial charge >= 0.3 is 0 Å². The first-order valence-corrected chi connectivity index (χ1v) is 7.15. The Hall–Kier alpha value is -2.03. The molecule has 0 saturated carbocycles. The molecule has 0 fully saturated rings. The van der Waals surface area contributed by atoms with E-state index in [1.165, 1.54) is 17.2 Å². The summed E-state index contributed by atoms with van der Waals surface area (Å²) in [6, 6.07) is 1.52. The molecule has 1 aromatic rings. The van der Waals surface area contributed by atoms with Crippen molar-refractivity contribution in [2.45, 2.75) is 47.0 Å². The molecule has 0 aliphatic heterocycles. The Bertz CT molecular complexity index is 577. The average Bonchev–Trinajstić information content (AvgIpc) is 2.38. The monoisotopic (exact) mass is 288 g/mol. The van der Waals surface area contributed by atoms with E-state index in [-0.39, 0.29) is 17.1 Å². The first-order valence-electron chi connectivity index (χ1n) is 7.15. The number of hydrogen-bond donors (Lipinski definition) is 2. The van der Waals surface area contributed by atoms with Crippen LogP contribution in [-0.4, -0.2) is 16.5 Å². The molecule has 114 valence electrons. The van der Waals surface area contributed by atoms with Crippen LogP contribution in [0, 0.1) is 6.92 Å². The van der Waals surface area contributed by atoms with Gasteiger partial charge in [-0.1, -0.05) is 23.3 Å². The van der Waals surface area contributed by atoms with Gasteiger partial charge in [0.1, 0.15) is 11.5 Å². The summed E-state index contributed by atoms with van der Waals surface area (Å²) < 4.78 is 0. The zero-order valence-corrected chi connectivity index (χ0v) is 13.2. The number of phenolic OH excluding ortho intramolecular Hbond substituents is 2. The van der Waals surface area contributed by atoms with Gasteiger partial charge in [-0.2, -0.15) is 0 Å². The molecule has 0 atom stereocenters. The number of carbonyl (C=O) groups excluding carboxylic acids is 1. The summed E-state index contributed by atoms with van der Waals surface area (Å²) in [5.41, 5.74) is 3.72. The molecule has 0 aliphatic rings. The lowest BCUT2D eigenvalue weighted by Crippen LogP contribution is -1.94. The van der Waals surface area contributed by atoms with Crippen LogP contribution in [0.1, 0.15) is 55.1 Å². The van der Waals surface area contributed by atoms with Crippen molar-refractivity contribution in [2.24, 2.45) is 0 Å². The predicted octanol–water partition coefficient (Wildman–Crippen LogP) is 4.45. The summed E-state index contributed by atoms with van der Waals surface area (Å²) in [5.74, 6) is -0.0835. The molecule has 21 heavy (non-hydrogen) atoms. The molecule has 3 nitrogen and oxygen atoms in total. The largest absolute Gasteiger partial charge is 0.508 e. The molecule has 0 aliphatic carbocycles. The van der Waals surface area contributed by atoms with Crippen molar-refractivity contribution in [3.05, 3.63) is 46.1 Å². The molecule has 1 aromatic carbocycles. The van der Waals surface area contributed by atoms with Gasteiger partial charge < -0.3 is 10.2 Å². The third-order valence-corrected chi connectivity index (χ3v) is 3.49. The fourth-order valence-electron chi connectivity index (χ4n) is 2.16. The fourth-order valence-corrected chi connectivity index (χ4v) is 2.16. The Labute approximate surface area is 126 Å². The number of carbonyl (C=O) groups is 1. The first kappa shape index (κ1) is 17.0. The molecule has 0 saturated heterocycles. The number of allylic oxidation sites excluding steroid dienone is 4. The Morgan fingerprint density at radius 2 is 1.86 bits per heavy atom. The lowest BCUT2D eigenvalue weighted by atomic mass is 9.99. The Morgan fingerprint density at radius 1 is 1.19 bits per heavy atom. The number of rotatable bonds is 6. The highest BCUT2D eigenvalue weighted by atomic mass is 16.3. The van der Waals surface area contributed by atoms with Crippen LogP contribution in [0.25, 0.3) is 0 Å². The number of aryl methyl sites for hydroxylation is 1. The van der Waals surface area contributed by atoms with Crippen LogP contribution in [0.2, 0.25) is 0 Å². The number of benzene rings is 1. The van der Waals surface area contributed by atoms with E-state index in [4.69, 9.17) is 0 Å². The molecule has 0 radical (unpaired) electrons. The van der Waals surface area contributed by atoms with Crippen LogP contribution < -0.4 is 0 Å². The van der Waals surface area contributed by atoms with Gasteiger partial charge in [-0.15, -0.1) is 0 Å². The van der Waals surface area contributed by atoms with Crippen molar-refractivity contribution >= 4 is 6.29 Å². The van der Waals surface area contributed by atoms with E-state index in [1.54, 1.807) is 6.92 Å². The van der Waals surface area contributed by atoms with Gasteiger partial charge in [-0.25, -0.2) is 0 Å². The maximum Gasteiger partial charge on any atom is 0.154 e. The molecular weight excluding hydrogens is 264 g/mol. The zero-order chi connectivity index (χ0) is 16.0. The summed E-state index contributed by atoms with van der Waals surface area (Å²) in [6.45, 7) is 7.86. The topological polar surface area (TPSA) is 57.5 Å². The molecule has 1 rings (SSSR count). The molecular formula is C18H24O3. The highest BCUT2D eigenvalue weighted by Gasteiger charge is 2.14. The van der Waals surface area contributed by atoms with E-state index in [1.807, 2.05) is 13.0 Å². The maximum atomic E-state index is 11.0. The summed E-state index contributed by atoms with van der Waals surface area (Å²) >= 11 is 0. The minimum absolute atomic E-state index is 0.0314. The van der Waals surface area contributed by atoms with Crippen LogP contribution in [-0.2, 0) is 6.42 Å². The van der Waals surface area contributed by atoms with E-state index in [0.29, 0.717) is 23.8 Å². The number of aldehydes is 1. The predicted molar refractivity (Wildman–Crippen MR) is 86.0 cm³/mol. The highest BCUT2D eigenvalue weighted by molar-refractivity contribution is 5.83. The molecule has 0 unspecified atom stereocenters. The van der Waals surface area contributed by atoms with Gasteiger partial charge in [0.05, 0.1) is 5.56 Å². The van der Waals surface area contributed by atoms with E-state index in [9.17, 15) is 15.0 Å². The second kappa shape index (κ2) is 7.67. The van der Waals surface area contributed by atoms with E-state index < -0.39 is 0 Å². The number of aromatic hydroxyl groups is 2. The van der Waals surface area contributed by atoms with Crippen molar-refractivity contribution in [3.63, 3.8) is 0 Å². The molecule has 0 amide bonds. The van der Waals surface area contributed by atoms with Gasteiger partial charge in [0, 0.05) is 5.56 Å².